The molecule has 86 valence electrons. The standard InChI is InChI=1S/C11H12F2N2O/c1-6-5-14-11(15-6)7-3-8(12)10(13)9(4-7)16-2/h3-4,6H,5H2,1-2H3,(H,14,15). The lowest BCUT2D eigenvalue weighted by atomic mass is 10.2. The van der Waals surface area contributed by atoms with Crippen molar-refractivity contribution in [2.45, 2.75) is 13.0 Å². The van der Waals surface area contributed by atoms with Crippen molar-refractivity contribution in [3.05, 3.63) is 29.3 Å². The van der Waals surface area contributed by atoms with E-state index in [0.29, 0.717) is 17.9 Å². The van der Waals surface area contributed by atoms with Crippen LogP contribution in [0.1, 0.15) is 12.5 Å². The van der Waals surface area contributed by atoms with Gasteiger partial charge in [0.05, 0.1) is 13.7 Å². The summed E-state index contributed by atoms with van der Waals surface area (Å²) in [6.45, 7) is 2.60. The maximum Gasteiger partial charge on any atom is 0.200 e. The highest BCUT2D eigenvalue weighted by atomic mass is 19.2. The maximum absolute atomic E-state index is 13.2. The van der Waals surface area contributed by atoms with Gasteiger partial charge in [-0.1, -0.05) is 0 Å². The van der Waals surface area contributed by atoms with Crippen LogP contribution in [0, 0.1) is 11.6 Å². The second-order valence-corrected chi connectivity index (χ2v) is 3.71. The molecule has 0 radical (unpaired) electrons. The number of benzene rings is 1. The molecule has 0 aromatic heterocycles. The minimum atomic E-state index is -0.974. The van der Waals surface area contributed by atoms with Gasteiger partial charge in [0.15, 0.2) is 11.6 Å². The number of rotatable bonds is 2. The van der Waals surface area contributed by atoms with Crippen LogP contribution in [-0.4, -0.2) is 25.5 Å². The number of ether oxygens (including phenoxy) is 1. The summed E-state index contributed by atoms with van der Waals surface area (Å²) in [5.74, 6) is -1.44. The van der Waals surface area contributed by atoms with Crippen LogP contribution in [-0.2, 0) is 0 Å². The first-order valence-corrected chi connectivity index (χ1v) is 4.96. The molecule has 0 saturated heterocycles. The third-order valence-electron chi connectivity index (χ3n) is 2.39. The fourth-order valence-corrected chi connectivity index (χ4v) is 1.58. The van der Waals surface area contributed by atoms with Crippen molar-refractivity contribution >= 4 is 5.84 Å². The number of amidine groups is 1. The SMILES string of the molecule is COc1cc(C2=NCC(C)N2)cc(F)c1F. The topological polar surface area (TPSA) is 33.6 Å². The second kappa shape index (κ2) is 4.08. The number of nitrogens with one attached hydrogen (secondary N) is 1. The molecule has 1 aliphatic rings. The highest BCUT2D eigenvalue weighted by Gasteiger charge is 2.18. The van der Waals surface area contributed by atoms with Crippen LogP contribution < -0.4 is 10.1 Å². The molecule has 0 amide bonds. The van der Waals surface area contributed by atoms with E-state index >= 15 is 0 Å². The lowest BCUT2D eigenvalue weighted by molar-refractivity contribution is 0.371. The van der Waals surface area contributed by atoms with Crippen LogP contribution in [0.4, 0.5) is 8.78 Å². The molecule has 0 spiro atoms. The Balaban J connectivity index is 2.39. The van der Waals surface area contributed by atoms with Gasteiger partial charge < -0.3 is 10.1 Å². The van der Waals surface area contributed by atoms with Gasteiger partial charge in [-0.3, -0.25) is 4.99 Å². The molecular formula is C11H12F2N2O. The lowest BCUT2D eigenvalue weighted by Gasteiger charge is -2.09. The number of halogens is 2. The van der Waals surface area contributed by atoms with Crippen LogP contribution in [0.25, 0.3) is 0 Å². The van der Waals surface area contributed by atoms with Crippen molar-refractivity contribution in [1.82, 2.24) is 5.32 Å². The Morgan fingerprint density at radius 2 is 2.19 bits per heavy atom. The molecule has 1 aliphatic heterocycles. The summed E-state index contributed by atoms with van der Waals surface area (Å²) >= 11 is 0. The smallest absolute Gasteiger partial charge is 0.200 e. The van der Waals surface area contributed by atoms with Gasteiger partial charge in [0.2, 0.25) is 5.82 Å². The summed E-state index contributed by atoms with van der Waals surface area (Å²) < 4.78 is 31.2. The summed E-state index contributed by atoms with van der Waals surface area (Å²) in [6.07, 6.45) is 0. The summed E-state index contributed by atoms with van der Waals surface area (Å²) in [4.78, 5) is 4.19. The minimum Gasteiger partial charge on any atom is -0.494 e. The number of nitrogens with zero attached hydrogens (tertiary/aromatic N) is 1. The molecule has 0 bridgehead atoms. The monoisotopic (exact) mass is 226 g/mol. The normalized spacial score (nSPS) is 19.2. The van der Waals surface area contributed by atoms with Gasteiger partial charge in [-0.2, -0.15) is 4.39 Å². The summed E-state index contributed by atoms with van der Waals surface area (Å²) in [5, 5.41) is 3.07. The van der Waals surface area contributed by atoms with Crippen molar-refractivity contribution in [2.75, 3.05) is 13.7 Å². The molecule has 0 fully saturated rings. The number of hydrogen-bond acceptors (Lipinski definition) is 3. The highest BCUT2D eigenvalue weighted by molar-refractivity contribution is 6.00. The first-order valence-electron chi connectivity index (χ1n) is 4.96. The molecule has 5 heteroatoms. The van der Waals surface area contributed by atoms with Crippen molar-refractivity contribution in [3.8, 4) is 5.75 Å². The molecule has 1 aromatic rings. The number of aliphatic imine (C=N–C) groups is 1. The second-order valence-electron chi connectivity index (χ2n) is 3.71. The Hall–Kier alpha value is -1.65. The van der Waals surface area contributed by atoms with Gasteiger partial charge in [0.25, 0.3) is 0 Å². The number of methoxy groups -OCH3 is 1. The Kier molecular flexibility index (Phi) is 2.77. The zero-order valence-electron chi connectivity index (χ0n) is 9.05. The third-order valence-corrected chi connectivity index (χ3v) is 2.39. The van der Waals surface area contributed by atoms with E-state index in [-0.39, 0.29) is 11.8 Å². The van der Waals surface area contributed by atoms with Crippen molar-refractivity contribution in [3.63, 3.8) is 0 Å². The van der Waals surface area contributed by atoms with Gasteiger partial charge in [0.1, 0.15) is 5.84 Å². The molecular weight excluding hydrogens is 214 g/mol. The molecule has 1 heterocycles. The summed E-state index contributed by atoms with van der Waals surface area (Å²) in [6, 6.07) is 2.76. The Morgan fingerprint density at radius 3 is 2.75 bits per heavy atom. The molecule has 1 aromatic carbocycles. The predicted octanol–water partition coefficient (Wildman–Crippen LogP) is 1.71. The molecule has 1 unspecified atom stereocenters. The van der Waals surface area contributed by atoms with Crippen LogP contribution in [0.2, 0.25) is 0 Å². The summed E-state index contributed by atoms with van der Waals surface area (Å²) in [7, 11) is 1.30. The van der Waals surface area contributed by atoms with Crippen LogP contribution in [0.3, 0.4) is 0 Å². The van der Waals surface area contributed by atoms with E-state index in [4.69, 9.17) is 4.74 Å². The molecule has 1 atom stereocenters. The van der Waals surface area contributed by atoms with Crippen LogP contribution in [0.15, 0.2) is 17.1 Å². The van der Waals surface area contributed by atoms with Gasteiger partial charge in [-0.05, 0) is 19.1 Å². The van der Waals surface area contributed by atoms with Crippen molar-refractivity contribution in [2.24, 2.45) is 4.99 Å². The van der Waals surface area contributed by atoms with Gasteiger partial charge in [-0.15, -0.1) is 0 Å². The van der Waals surface area contributed by atoms with Gasteiger partial charge in [-0.25, -0.2) is 4.39 Å². The average Bonchev–Trinajstić information content (AvgIpc) is 2.69. The van der Waals surface area contributed by atoms with Crippen molar-refractivity contribution in [1.29, 1.82) is 0 Å². The fraction of sp³-hybridized carbons (Fsp3) is 0.364. The van der Waals surface area contributed by atoms with E-state index in [1.165, 1.54) is 13.2 Å². The van der Waals surface area contributed by atoms with Gasteiger partial charge >= 0.3 is 0 Å². The van der Waals surface area contributed by atoms with E-state index in [9.17, 15) is 8.78 Å². The van der Waals surface area contributed by atoms with Crippen LogP contribution >= 0.6 is 0 Å². The van der Waals surface area contributed by atoms with Crippen molar-refractivity contribution < 1.29 is 13.5 Å². The number of hydrogen-bond donors (Lipinski definition) is 1. The van der Waals surface area contributed by atoms with E-state index in [1.807, 2.05) is 6.92 Å². The Labute approximate surface area is 92.1 Å². The Bertz CT molecular complexity index is 446. The molecule has 0 saturated carbocycles. The predicted molar refractivity (Wildman–Crippen MR) is 56.9 cm³/mol. The molecule has 0 aliphatic carbocycles. The van der Waals surface area contributed by atoms with E-state index < -0.39 is 11.6 Å². The minimum absolute atomic E-state index is 0.112. The average molecular weight is 226 g/mol. The maximum atomic E-state index is 13.2. The van der Waals surface area contributed by atoms with E-state index in [1.54, 1.807) is 0 Å². The first kappa shape index (κ1) is 10.9. The summed E-state index contributed by atoms with van der Waals surface area (Å²) in [5.41, 5.74) is 0.500. The first-order chi connectivity index (χ1) is 7.61. The van der Waals surface area contributed by atoms with E-state index in [0.717, 1.165) is 6.07 Å². The van der Waals surface area contributed by atoms with Gasteiger partial charge in [0, 0.05) is 11.6 Å². The quantitative estimate of drug-likeness (QED) is 0.832. The molecule has 2 rings (SSSR count). The zero-order valence-corrected chi connectivity index (χ0v) is 9.05. The lowest BCUT2D eigenvalue weighted by Crippen LogP contribution is -2.27. The Morgan fingerprint density at radius 1 is 1.44 bits per heavy atom. The zero-order chi connectivity index (χ0) is 11.7. The third kappa shape index (κ3) is 1.85. The molecule has 3 nitrogen and oxygen atoms in total. The largest absolute Gasteiger partial charge is 0.494 e. The molecule has 1 N–H and O–H groups in total. The van der Waals surface area contributed by atoms with E-state index in [2.05, 4.69) is 10.3 Å². The van der Waals surface area contributed by atoms with Crippen LogP contribution in [0.5, 0.6) is 5.75 Å². The molecule has 16 heavy (non-hydrogen) atoms. The fourth-order valence-electron chi connectivity index (χ4n) is 1.58. The highest BCUT2D eigenvalue weighted by Crippen LogP contribution is 2.22.